The van der Waals surface area contributed by atoms with E-state index < -0.39 is 9.84 Å². The lowest BCUT2D eigenvalue weighted by molar-refractivity contribution is -0.117. The van der Waals surface area contributed by atoms with Crippen LogP contribution < -0.4 is 16.0 Å². The number of rotatable bonds is 6. The number of hydrogen-bond acceptors (Lipinski definition) is 5. The summed E-state index contributed by atoms with van der Waals surface area (Å²) in [7, 11) is -3.36. The number of anilines is 2. The van der Waals surface area contributed by atoms with E-state index >= 15 is 0 Å². The van der Waals surface area contributed by atoms with Crippen molar-refractivity contribution in [2.24, 2.45) is 5.73 Å². The molecule has 176 valence electrons. The topological polar surface area (TPSA) is 116 Å². The van der Waals surface area contributed by atoms with Crippen molar-refractivity contribution in [3.8, 4) is 11.1 Å². The monoisotopic (exact) mass is 476 g/mol. The zero-order valence-corrected chi connectivity index (χ0v) is 19.8. The van der Waals surface area contributed by atoms with Crippen LogP contribution in [-0.2, 0) is 14.6 Å². The molecule has 4 rings (SSSR count). The summed E-state index contributed by atoms with van der Waals surface area (Å²) in [5.74, 6) is -0.102. The molecule has 1 saturated heterocycles. The molecule has 1 amide bonds. The lowest BCUT2D eigenvalue weighted by Crippen LogP contribution is -2.47. The van der Waals surface area contributed by atoms with Gasteiger partial charge in [0.25, 0.3) is 0 Å². The first kappa shape index (κ1) is 23.5. The van der Waals surface area contributed by atoms with Crippen molar-refractivity contribution in [1.29, 1.82) is 5.41 Å². The summed E-state index contributed by atoms with van der Waals surface area (Å²) in [4.78, 5) is 15.6. The molecule has 0 aliphatic carbocycles. The Kier molecular flexibility index (Phi) is 6.70. The summed E-state index contributed by atoms with van der Waals surface area (Å²) in [5, 5.41) is 10.7. The average molecular weight is 477 g/mol. The Morgan fingerprint density at radius 1 is 1.03 bits per heavy atom. The van der Waals surface area contributed by atoms with Gasteiger partial charge in [-0.3, -0.25) is 10.2 Å². The third kappa shape index (κ3) is 5.12. The number of nitrogens with one attached hydrogen (secondary N) is 2. The van der Waals surface area contributed by atoms with E-state index in [0.29, 0.717) is 16.8 Å². The highest BCUT2D eigenvalue weighted by atomic mass is 32.2. The highest BCUT2D eigenvalue weighted by Gasteiger charge is 2.29. The minimum atomic E-state index is -3.36. The fourth-order valence-corrected chi connectivity index (χ4v) is 5.26. The van der Waals surface area contributed by atoms with Gasteiger partial charge in [0.1, 0.15) is 11.9 Å². The number of nitrogens with two attached hydrogens (primary N) is 1. The van der Waals surface area contributed by atoms with Crippen molar-refractivity contribution < 1.29 is 13.2 Å². The Bertz CT molecular complexity index is 1320. The van der Waals surface area contributed by atoms with Crippen LogP contribution in [0.2, 0.25) is 0 Å². The summed E-state index contributed by atoms with van der Waals surface area (Å²) >= 11 is 0. The predicted octanol–water partition coefficient (Wildman–Crippen LogP) is 4.04. The smallest absolute Gasteiger partial charge is 0.247 e. The molecule has 0 radical (unpaired) electrons. The summed E-state index contributed by atoms with van der Waals surface area (Å²) in [6.45, 7) is 0.751. The predicted molar refractivity (Wildman–Crippen MR) is 136 cm³/mol. The van der Waals surface area contributed by atoms with Gasteiger partial charge in [-0.25, -0.2) is 8.42 Å². The van der Waals surface area contributed by atoms with Gasteiger partial charge in [0.15, 0.2) is 9.84 Å². The number of piperidine rings is 1. The number of amides is 1. The molecule has 1 aliphatic rings. The molecule has 1 atom stereocenters. The van der Waals surface area contributed by atoms with Gasteiger partial charge < -0.3 is 16.0 Å². The standard InChI is InChI=1S/C26H28N4O3S/c1-34(32,33)24-11-3-2-9-22(24)18-12-14-20(15-13-18)29-26(31)23-10-4-5-16-30(23)21-8-6-7-19(17-21)25(27)28/h2-3,6-9,11-15,17,23H,4-5,10,16H2,1H3,(H3,27,28)(H,29,31). The molecular weight excluding hydrogens is 448 g/mol. The van der Waals surface area contributed by atoms with Gasteiger partial charge in [-0.2, -0.15) is 0 Å². The van der Waals surface area contributed by atoms with Crippen LogP contribution in [0.15, 0.2) is 77.7 Å². The Labute approximate surface area is 200 Å². The van der Waals surface area contributed by atoms with E-state index in [9.17, 15) is 13.2 Å². The molecule has 0 saturated carbocycles. The van der Waals surface area contributed by atoms with Gasteiger partial charge in [0.2, 0.25) is 5.91 Å². The van der Waals surface area contributed by atoms with E-state index in [0.717, 1.165) is 37.1 Å². The molecule has 7 nitrogen and oxygen atoms in total. The number of benzene rings is 3. The molecule has 0 aromatic heterocycles. The van der Waals surface area contributed by atoms with Crippen LogP contribution in [0.5, 0.6) is 0 Å². The van der Waals surface area contributed by atoms with Gasteiger partial charge in [-0.15, -0.1) is 0 Å². The maximum absolute atomic E-state index is 13.2. The second-order valence-corrected chi connectivity index (χ2v) is 10.5. The van der Waals surface area contributed by atoms with Crippen LogP contribution in [0, 0.1) is 5.41 Å². The molecule has 3 aromatic carbocycles. The molecular formula is C26H28N4O3S. The van der Waals surface area contributed by atoms with Gasteiger partial charge >= 0.3 is 0 Å². The number of sulfone groups is 1. The first-order valence-electron chi connectivity index (χ1n) is 11.2. The number of nitrogen functional groups attached to an aromatic ring is 1. The Morgan fingerprint density at radius 2 is 1.76 bits per heavy atom. The van der Waals surface area contributed by atoms with Gasteiger partial charge in [-0.1, -0.05) is 42.5 Å². The van der Waals surface area contributed by atoms with E-state index in [1.165, 1.54) is 6.26 Å². The van der Waals surface area contributed by atoms with Crippen LogP contribution in [0.3, 0.4) is 0 Å². The summed E-state index contributed by atoms with van der Waals surface area (Å²) in [6, 6.07) is 21.2. The van der Waals surface area contributed by atoms with Crippen LogP contribution in [-0.4, -0.2) is 39.0 Å². The first-order chi connectivity index (χ1) is 16.2. The second-order valence-electron chi connectivity index (χ2n) is 8.50. The van der Waals surface area contributed by atoms with Gasteiger partial charge in [0, 0.05) is 35.3 Å². The molecule has 4 N–H and O–H groups in total. The van der Waals surface area contributed by atoms with Crippen LogP contribution in [0.4, 0.5) is 11.4 Å². The summed E-state index contributed by atoms with van der Waals surface area (Å²) in [5.41, 5.74) is 9.20. The molecule has 0 spiro atoms. The summed E-state index contributed by atoms with van der Waals surface area (Å²) in [6.07, 6.45) is 3.88. The lowest BCUT2D eigenvalue weighted by atomic mass is 9.99. The molecule has 1 unspecified atom stereocenters. The molecule has 34 heavy (non-hydrogen) atoms. The average Bonchev–Trinajstić information content (AvgIpc) is 2.84. The molecule has 0 bridgehead atoms. The zero-order chi connectivity index (χ0) is 24.3. The van der Waals surface area contributed by atoms with Crippen molar-refractivity contribution in [3.63, 3.8) is 0 Å². The van der Waals surface area contributed by atoms with Crippen LogP contribution in [0.25, 0.3) is 11.1 Å². The number of hydrogen-bond donors (Lipinski definition) is 3. The largest absolute Gasteiger partial charge is 0.384 e. The van der Waals surface area contributed by atoms with Gasteiger partial charge in [-0.05, 0) is 55.2 Å². The third-order valence-electron chi connectivity index (χ3n) is 6.04. The lowest BCUT2D eigenvalue weighted by Gasteiger charge is -2.36. The second kappa shape index (κ2) is 9.69. The normalized spacial score (nSPS) is 16.1. The van der Waals surface area contributed by atoms with Gasteiger partial charge in [0.05, 0.1) is 4.90 Å². The number of carbonyl (C=O) groups excluding carboxylic acids is 1. The third-order valence-corrected chi connectivity index (χ3v) is 7.20. The Hall–Kier alpha value is -3.65. The van der Waals surface area contributed by atoms with E-state index in [4.69, 9.17) is 11.1 Å². The fourth-order valence-electron chi connectivity index (χ4n) is 4.35. The van der Waals surface area contributed by atoms with E-state index in [1.54, 1.807) is 42.5 Å². The Balaban J connectivity index is 1.53. The molecule has 3 aromatic rings. The van der Waals surface area contributed by atoms with Crippen LogP contribution in [0.1, 0.15) is 24.8 Å². The minimum absolute atomic E-state index is 0.00241. The maximum Gasteiger partial charge on any atom is 0.247 e. The van der Waals surface area contributed by atoms with E-state index in [1.807, 2.05) is 30.3 Å². The van der Waals surface area contributed by atoms with Crippen LogP contribution >= 0.6 is 0 Å². The van der Waals surface area contributed by atoms with E-state index in [2.05, 4.69) is 10.2 Å². The molecule has 1 fully saturated rings. The molecule has 8 heteroatoms. The first-order valence-corrected chi connectivity index (χ1v) is 13.0. The maximum atomic E-state index is 13.2. The fraction of sp³-hybridized carbons (Fsp3) is 0.231. The SMILES string of the molecule is CS(=O)(=O)c1ccccc1-c1ccc(NC(=O)C2CCCCN2c2cccc(C(=N)N)c2)cc1. The highest BCUT2D eigenvalue weighted by molar-refractivity contribution is 7.90. The molecule has 1 heterocycles. The van der Waals surface area contributed by atoms with E-state index in [-0.39, 0.29) is 22.7 Å². The van der Waals surface area contributed by atoms with Crippen molar-refractivity contribution in [2.75, 3.05) is 23.0 Å². The van der Waals surface area contributed by atoms with Crippen molar-refractivity contribution in [3.05, 3.63) is 78.4 Å². The zero-order valence-electron chi connectivity index (χ0n) is 19.0. The molecule has 1 aliphatic heterocycles. The number of nitrogens with zero attached hydrogens (tertiary/aromatic N) is 1. The highest BCUT2D eigenvalue weighted by Crippen LogP contribution is 2.29. The number of amidine groups is 1. The quantitative estimate of drug-likeness (QED) is 0.367. The van der Waals surface area contributed by atoms with Crippen molar-refractivity contribution in [1.82, 2.24) is 0 Å². The van der Waals surface area contributed by atoms with Crippen molar-refractivity contribution in [2.45, 2.75) is 30.2 Å². The Morgan fingerprint density at radius 3 is 2.47 bits per heavy atom. The minimum Gasteiger partial charge on any atom is -0.384 e. The number of carbonyl (C=O) groups is 1. The summed E-state index contributed by atoms with van der Waals surface area (Å²) < 4.78 is 24.3. The van der Waals surface area contributed by atoms with Crippen molar-refractivity contribution >= 4 is 33.0 Å².